The van der Waals surface area contributed by atoms with Gasteiger partial charge in [-0.25, -0.2) is 0 Å². The molecular formula is C19H32IN3O3. The number of ether oxygens (including phenoxy) is 2. The van der Waals surface area contributed by atoms with Crippen LogP contribution in [0.5, 0.6) is 0 Å². The van der Waals surface area contributed by atoms with E-state index in [1.54, 1.807) is 7.05 Å². The summed E-state index contributed by atoms with van der Waals surface area (Å²) in [5.74, 6) is 0.987. The lowest BCUT2D eigenvalue weighted by Gasteiger charge is -2.16. The van der Waals surface area contributed by atoms with Crippen molar-refractivity contribution >= 4 is 35.9 Å². The first-order chi connectivity index (χ1) is 12.2. The monoisotopic (exact) mass is 477 g/mol. The smallest absolute Gasteiger partial charge is 0.305 e. The molecule has 0 aliphatic rings. The summed E-state index contributed by atoms with van der Waals surface area (Å²) in [5.41, 5.74) is 1.19. The summed E-state index contributed by atoms with van der Waals surface area (Å²) in [6, 6.07) is 10.2. The zero-order chi connectivity index (χ0) is 18.3. The molecular weight excluding hydrogens is 445 g/mol. The van der Waals surface area contributed by atoms with E-state index in [9.17, 15) is 4.79 Å². The van der Waals surface area contributed by atoms with E-state index in [4.69, 9.17) is 4.74 Å². The van der Waals surface area contributed by atoms with E-state index < -0.39 is 0 Å². The summed E-state index contributed by atoms with van der Waals surface area (Å²) in [6.07, 6.45) is 2.16. The molecule has 0 radical (unpaired) electrons. The maximum atomic E-state index is 11.0. The van der Waals surface area contributed by atoms with Crippen molar-refractivity contribution in [3.05, 3.63) is 35.9 Å². The first-order valence-electron chi connectivity index (χ1n) is 8.78. The molecule has 1 rings (SSSR count). The van der Waals surface area contributed by atoms with Crippen LogP contribution in [0, 0.1) is 5.92 Å². The van der Waals surface area contributed by atoms with Gasteiger partial charge in [0.1, 0.15) is 0 Å². The summed E-state index contributed by atoms with van der Waals surface area (Å²) in [6.45, 7) is 5.03. The highest BCUT2D eigenvalue weighted by atomic mass is 127. The standard InChI is InChI=1S/C19H31N3O3.HI/c1-16(14-25-15-17-9-5-4-6-10-17)13-22-19(20-2)21-12-8-7-11-18(23)24-3;/h4-6,9-10,16H,7-8,11-15H2,1-3H3,(H2,20,21,22);1H. The Morgan fingerprint density at radius 3 is 2.58 bits per heavy atom. The Bertz CT molecular complexity index is 512. The molecule has 2 N–H and O–H groups in total. The van der Waals surface area contributed by atoms with E-state index in [1.165, 1.54) is 12.7 Å². The molecule has 0 saturated carbocycles. The van der Waals surface area contributed by atoms with Gasteiger partial charge in [-0.15, -0.1) is 24.0 Å². The van der Waals surface area contributed by atoms with Gasteiger partial charge in [0.05, 0.1) is 20.3 Å². The average molecular weight is 477 g/mol. The number of methoxy groups -OCH3 is 1. The fraction of sp³-hybridized carbons (Fsp3) is 0.579. The number of esters is 1. The molecule has 26 heavy (non-hydrogen) atoms. The number of nitrogens with one attached hydrogen (secondary N) is 2. The molecule has 0 saturated heterocycles. The van der Waals surface area contributed by atoms with Gasteiger partial charge in [0.25, 0.3) is 0 Å². The molecule has 0 aliphatic heterocycles. The number of guanidine groups is 1. The first kappa shape index (κ1) is 24.7. The van der Waals surface area contributed by atoms with Crippen LogP contribution in [0.25, 0.3) is 0 Å². The van der Waals surface area contributed by atoms with E-state index in [1.807, 2.05) is 18.2 Å². The Morgan fingerprint density at radius 2 is 1.92 bits per heavy atom. The number of carbonyl (C=O) groups is 1. The molecule has 148 valence electrons. The highest BCUT2D eigenvalue weighted by Gasteiger charge is 2.05. The predicted molar refractivity (Wildman–Crippen MR) is 116 cm³/mol. The molecule has 0 spiro atoms. The summed E-state index contributed by atoms with van der Waals surface area (Å²) in [7, 11) is 3.16. The summed E-state index contributed by atoms with van der Waals surface area (Å²) in [5, 5.41) is 6.54. The summed E-state index contributed by atoms with van der Waals surface area (Å²) in [4.78, 5) is 15.2. The van der Waals surface area contributed by atoms with Gasteiger partial charge in [-0.05, 0) is 24.3 Å². The largest absolute Gasteiger partial charge is 0.469 e. The number of aliphatic imine (C=N–C) groups is 1. The molecule has 1 unspecified atom stereocenters. The molecule has 1 aromatic rings. The number of hydrogen-bond acceptors (Lipinski definition) is 4. The Labute approximate surface area is 174 Å². The zero-order valence-electron chi connectivity index (χ0n) is 16.0. The fourth-order valence-corrected chi connectivity index (χ4v) is 2.21. The summed E-state index contributed by atoms with van der Waals surface area (Å²) < 4.78 is 10.4. The van der Waals surface area contributed by atoms with Crippen LogP contribution in [-0.4, -0.2) is 45.8 Å². The summed E-state index contributed by atoms with van der Waals surface area (Å²) >= 11 is 0. The van der Waals surface area contributed by atoms with Crippen LogP contribution in [0.15, 0.2) is 35.3 Å². The minimum Gasteiger partial charge on any atom is -0.469 e. The van der Waals surface area contributed by atoms with Gasteiger partial charge >= 0.3 is 5.97 Å². The fourth-order valence-electron chi connectivity index (χ4n) is 2.21. The second kappa shape index (κ2) is 15.9. The number of halogens is 1. The molecule has 0 amide bonds. The average Bonchev–Trinajstić information content (AvgIpc) is 2.64. The van der Waals surface area contributed by atoms with Gasteiger partial charge in [0, 0.05) is 26.6 Å². The SMILES string of the molecule is CN=C(NCCCCC(=O)OC)NCC(C)COCc1ccccc1.I. The topological polar surface area (TPSA) is 72.0 Å². The Morgan fingerprint density at radius 1 is 1.19 bits per heavy atom. The van der Waals surface area contributed by atoms with Crippen molar-refractivity contribution in [1.82, 2.24) is 10.6 Å². The van der Waals surface area contributed by atoms with Crippen LogP contribution < -0.4 is 10.6 Å². The number of benzene rings is 1. The number of unbranched alkanes of at least 4 members (excludes halogenated alkanes) is 1. The van der Waals surface area contributed by atoms with Crippen molar-refractivity contribution in [2.75, 3.05) is 33.9 Å². The van der Waals surface area contributed by atoms with Crippen molar-refractivity contribution in [2.45, 2.75) is 32.8 Å². The Hall–Kier alpha value is -1.35. The van der Waals surface area contributed by atoms with Crippen molar-refractivity contribution in [2.24, 2.45) is 10.9 Å². The van der Waals surface area contributed by atoms with Crippen molar-refractivity contribution in [3.8, 4) is 0 Å². The van der Waals surface area contributed by atoms with Crippen LogP contribution in [0.4, 0.5) is 0 Å². The van der Waals surface area contributed by atoms with E-state index in [0.717, 1.165) is 31.9 Å². The third kappa shape index (κ3) is 12.1. The van der Waals surface area contributed by atoms with Gasteiger partial charge in [0.15, 0.2) is 5.96 Å². The molecule has 1 aromatic carbocycles. The molecule has 6 nitrogen and oxygen atoms in total. The molecule has 7 heteroatoms. The molecule has 1 atom stereocenters. The predicted octanol–water partition coefficient (Wildman–Crippen LogP) is 2.97. The van der Waals surface area contributed by atoms with Gasteiger partial charge in [-0.2, -0.15) is 0 Å². The van der Waals surface area contributed by atoms with Gasteiger partial charge in [-0.1, -0.05) is 37.3 Å². The van der Waals surface area contributed by atoms with Crippen LogP contribution in [0.3, 0.4) is 0 Å². The second-order valence-corrected chi connectivity index (χ2v) is 6.02. The van der Waals surface area contributed by atoms with E-state index >= 15 is 0 Å². The second-order valence-electron chi connectivity index (χ2n) is 6.02. The third-order valence-corrected chi connectivity index (χ3v) is 3.68. The number of hydrogen-bond donors (Lipinski definition) is 2. The molecule has 0 bridgehead atoms. The molecule has 0 fully saturated rings. The van der Waals surface area contributed by atoms with E-state index in [-0.39, 0.29) is 29.9 Å². The number of nitrogens with zero attached hydrogens (tertiary/aromatic N) is 1. The van der Waals surface area contributed by atoms with Gasteiger partial charge < -0.3 is 20.1 Å². The van der Waals surface area contributed by atoms with E-state index in [2.05, 4.69) is 39.4 Å². The molecule has 0 heterocycles. The van der Waals surface area contributed by atoms with Crippen molar-refractivity contribution in [3.63, 3.8) is 0 Å². The lowest BCUT2D eigenvalue weighted by Crippen LogP contribution is -2.40. The molecule has 0 aliphatic carbocycles. The van der Waals surface area contributed by atoms with Crippen molar-refractivity contribution < 1.29 is 14.3 Å². The quantitative estimate of drug-likeness (QED) is 0.169. The third-order valence-electron chi connectivity index (χ3n) is 3.68. The van der Waals surface area contributed by atoms with E-state index in [0.29, 0.717) is 25.6 Å². The number of rotatable bonds is 11. The normalized spacial score (nSPS) is 12.0. The van der Waals surface area contributed by atoms with Crippen molar-refractivity contribution in [1.29, 1.82) is 0 Å². The van der Waals surface area contributed by atoms with Crippen LogP contribution in [-0.2, 0) is 20.9 Å². The maximum absolute atomic E-state index is 11.0. The maximum Gasteiger partial charge on any atom is 0.305 e. The lowest BCUT2D eigenvalue weighted by molar-refractivity contribution is -0.140. The lowest BCUT2D eigenvalue weighted by atomic mass is 10.2. The first-order valence-corrected chi connectivity index (χ1v) is 8.78. The van der Waals surface area contributed by atoms with Crippen LogP contribution in [0.1, 0.15) is 31.7 Å². The molecule has 0 aromatic heterocycles. The van der Waals surface area contributed by atoms with Gasteiger partial charge in [0.2, 0.25) is 0 Å². The minimum absolute atomic E-state index is 0. The minimum atomic E-state index is -0.160. The zero-order valence-corrected chi connectivity index (χ0v) is 18.3. The Balaban J connectivity index is 0.00000625. The van der Waals surface area contributed by atoms with Crippen LogP contribution >= 0.6 is 24.0 Å². The highest BCUT2D eigenvalue weighted by Crippen LogP contribution is 2.03. The Kier molecular flexibility index (Phi) is 15.0. The van der Waals surface area contributed by atoms with Gasteiger partial charge in [-0.3, -0.25) is 9.79 Å². The highest BCUT2D eigenvalue weighted by molar-refractivity contribution is 14.0. The van der Waals surface area contributed by atoms with Crippen LogP contribution in [0.2, 0.25) is 0 Å². The number of carbonyl (C=O) groups excluding carboxylic acids is 1.